The second-order valence-electron chi connectivity index (χ2n) is 6.66. The van der Waals surface area contributed by atoms with Crippen LogP contribution in [0.2, 0.25) is 18.1 Å². The molecule has 1 rings (SSSR count). The van der Waals surface area contributed by atoms with Crippen LogP contribution in [0.1, 0.15) is 34.1 Å². The van der Waals surface area contributed by atoms with Crippen molar-refractivity contribution in [2.45, 2.75) is 58.4 Å². The van der Waals surface area contributed by atoms with Crippen LogP contribution >= 0.6 is 0 Å². The van der Waals surface area contributed by atoms with E-state index in [-0.39, 0.29) is 22.7 Å². The first-order valence-electron chi connectivity index (χ1n) is 6.68. The Bertz CT molecular complexity index is 439. The smallest absolute Gasteiger partial charge is 0.192 e. The van der Waals surface area contributed by atoms with Gasteiger partial charge in [-0.15, -0.1) is 0 Å². The van der Waals surface area contributed by atoms with Crippen LogP contribution in [0.4, 0.5) is 0 Å². The molecule has 0 N–H and O–H groups in total. The van der Waals surface area contributed by atoms with E-state index in [1.165, 1.54) is 18.2 Å². The van der Waals surface area contributed by atoms with Gasteiger partial charge in [0.25, 0.3) is 0 Å². The van der Waals surface area contributed by atoms with Gasteiger partial charge in [0.2, 0.25) is 0 Å². The van der Waals surface area contributed by atoms with Gasteiger partial charge in [0.05, 0.1) is 0 Å². The van der Waals surface area contributed by atoms with Crippen molar-refractivity contribution in [2.24, 2.45) is 0 Å². The fourth-order valence-electron chi connectivity index (χ4n) is 1.75. The lowest BCUT2D eigenvalue weighted by molar-refractivity contribution is -0.114. The summed E-state index contributed by atoms with van der Waals surface area (Å²) >= 11 is 0. The molecule has 0 spiro atoms. The van der Waals surface area contributed by atoms with E-state index in [2.05, 4.69) is 33.9 Å². The van der Waals surface area contributed by atoms with Gasteiger partial charge in [-0.25, -0.2) is 0 Å². The monoisotopic (exact) mass is 280 g/mol. The van der Waals surface area contributed by atoms with E-state index in [1.54, 1.807) is 0 Å². The van der Waals surface area contributed by atoms with Crippen LogP contribution in [-0.4, -0.2) is 26.0 Å². The highest BCUT2D eigenvalue weighted by Crippen LogP contribution is 2.37. The van der Waals surface area contributed by atoms with Crippen LogP contribution in [0.5, 0.6) is 0 Å². The minimum atomic E-state index is -1.83. The van der Waals surface area contributed by atoms with Crippen molar-refractivity contribution < 1.29 is 14.0 Å². The molecule has 19 heavy (non-hydrogen) atoms. The van der Waals surface area contributed by atoms with E-state index >= 15 is 0 Å². The third kappa shape index (κ3) is 4.25. The molecule has 1 aliphatic carbocycles. The lowest BCUT2D eigenvalue weighted by atomic mass is 9.99. The summed E-state index contributed by atoms with van der Waals surface area (Å²) in [7, 11) is -1.83. The van der Waals surface area contributed by atoms with E-state index in [0.29, 0.717) is 12.0 Å². The minimum Gasteiger partial charge on any atom is -0.414 e. The highest BCUT2D eigenvalue weighted by molar-refractivity contribution is 6.74. The van der Waals surface area contributed by atoms with E-state index in [1.807, 2.05) is 6.92 Å². The van der Waals surface area contributed by atoms with Gasteiger partial charge >= 0.3 is 0 Å². The minimum absolute atomic E-state index is 0.0459. The topological polar surface area (TPSA) is 43.4 Å². The van der Waals surface area contributed by atoms with Crippen LogP contribution in [0.25, 0.3) is 0 Å². The van der Waals surface area contributed by atoms with Crippen molar-refractivity contribution >= 4 is 19.9 Å². The number of carbonyl (C=O) groups excluding carboxylic acids is 2. The first-order chi connectivity index (χ1) is 8.53. The predicted molar refractivity (Wildman–Crippen MR) is 79.6 cm³/mol. The molecule has 106 valence electrons. The van der Waals surface area contributed by atoms with Crippen molar-refractivity contribution in [1.29, 1.82) is 0 Å². The molecule has 0 aliphatic heterocycles. The van der Waals surface area contributed by atoms with Crippen molar-refractivity contribution in [2.75, 3.05) is 0 Å². The fraction of sp³-hybridized carbons (Fsp3) is 0.600. The molecule has 1 unspecified atom stereocenters. The number of allylic oxidation sites excluding steroid dienone is 3. The van der Waals surface area contributed by atoms with Gasteiger partial charge in [-0.1, -0.05) is 20.8 Å². The van der Waals surface area contributed by atoms with Crippen LogP contribution in [-0.2, 0) is 14.0 Å². The summed E-state index contributed by atoms with van der Waals surface area (Å²) in [5.41, 5.74) is 0.554. The van der Waals surface area contributed by atoms with Crippen LogP contribution in [0.3, 0.4) is 0 Å². The molecule has 0 aromatic heterocycles. The average molecular weight is 280 g/mol. The van der Waals surface area contributed by atoms with Crippen LogP contribution < -0.4 is 0 Å². The maximum Gasteiger partial charge on any atom is 0.192 e. The second kappa shape index (κ2) is 5.55. The zero-order valence-electron chi connectivity index (χ0n) is 12.7. The molecule has 0 bridgehead atoms. The summed E-state index contributed by atoms with van der Waals surface area (Å²) in [4.78, 5) is 23.0. The van der Waals surface area contributed by atoms with Gasteiger partial charge in [0.1, 0.15) is 0 Å². The number of hydrogen-bond acceptors (Lipinski definition) is 3. The fourth-order valence-corrected chi connectivity index (χ4v) is 3.19. The van der Waals surface area contributed by atoms with Crippen molar-refractivity contribution in [3.63, 3.8) is 0 Å². The van der Waals surface area contributed by atoms with E-state index in [4.69, 9.17) is 4.43 Å². The summed E-state index contributed by atoms with van der Waals surface area (Å²) < 4.78 is 6.20. The molecule has 1 aliphatic rings. The van der Waals surface area contributed by atoms with Crippen molar-refractivity contribution in [3.8, 4) is 0 Å². The largest absolute Gasteiger partial charge is 0.414 e. The van der Waals surface area contributed by atoms with Gasteiger partial charge in [-0.3, -0.25) is 9.59 Å². The molecule has 0 saturated heterocycles. The SMILES string of the molecule is CC(CC1=CC(=O)C=CC1=O)O[Si](C)(C)C(C)(C)C. The Labute approximate surface area is 116 Å². The lowest BCUT2D eigenvalue weighted by Gasteiger charge is -2.38. The summed E-state index contributed by atoms with van der Waals surface area (Å²) in [6.07, 6.45) is 4.53. The summed E-state index contributed by atoms with van der Waals surface area (Å²) in [6.45, 7) is 12.9. The molecule has 3 nitrogen and oxygen atoms in total. The van der Waals surface area contributed by atoms with E-state index < -0.39 is 8.32 Å². The van der Waals surface area contributed by atoms with Gasteiger partial charge < -0.3 is 4.43 Å². The van der Waals surface area contributed by atoms with Crippen LogP contribution in [0.15, 0.2) is 23.8 Å². The van der Waals surface area contributed by atoms with Gasteiger partial charge in [-0.05, 0) is 43.3 Å². The standard InChI is InChI=1S/C15H24O3Si/c1-11(18-19(5,6)15(2,3)4)9-12-10-13(16)7-8-14(12)17/h7-8,10-11H,9H2,1-6H3. The quantitative estimate of drug-likeness (QED) is 0.585. The van der Waals surface area contributed by atoms with Gasteiger partial charge in [0.15, 0.2) is 19.9 Å². The number of ketones is 2. The third-order valence-electron chi connectivity index (χ3n) is 3.84. The highest BCUT2D eigenvalue weighted by atomic mass is 28.4. The molecule has 1 atom stereocenters. The maximum atomic E-state index is 11.7. The van der Waals surface area contributed by atoms with Crippen molar-refractivity contribution in [3.05, 3.63) is 23.8 Å². The number of rotatable bonds is 4. The third-order valence-corrected chi connectivity index (χ3v) is 8.45. The van der Waals surface area contributed by atoms with E-state index in [0.717, 1.165) is 0 Å². The molecule has 4 heteroatoms. The molecule has 0 aromatic carbocycles. The van der Waals surface area contributed by atoms with Crippen LogP contribution in [0, 0.1) is 0 Å². The summed E-state index contributed by atoms with van der Waals surface area (Å²) in [6, 6.07) is 0. The summed E-state index contributed by atoms with van der Waals surface area (Å²) in [5.74, 6) is -0.195. The average Bonchev–Trinajstić information content (AvgIpc) is 2.21. The molecule has 0 saturated carbocycles. The first-order valence-corrected chi connectivity index (χ1v) is 9.58. The lowest BCUT2D eigenvalue weighted by Crippen LogP contribution is -2.43. The molecule has 0 aromatic rings. The zero-order valence-corrected chi connectivity index (χ0v) is 13.7. The molecule has 0 amide bonds. The summed E-state index contributed by atoms with van der Waals surface area (Å²) in [5, 5.41) is 0.141. The Morgan fingerprint density at radius 3 is 2.32 bits per heavy atom. The molecule has 0 heterocycles. The number of carbonyl (C=O) groups is 2. The maximum absolute atomic E-state index is 11.7. The predicted octanol–water partition coefficient (Wildman–Crippen LogP) is 3.42. The Balaban J connectivity index is 2.69. The Kier molecular flexibility index (Phi) is 4.69. The molecular formula is C15H24O3Si. The second-order valence-corrected chi connectivity index (χ2v) is 11.4. The zero-order chi connectivity index (χ0) is 14.8. The van der Waals surface area contributed by atoms with Gasteiger partial charge in [-0.2, -0.15) is 0 Å². The Hall–Kier alpha value is -1.00. The van der Waals surface area contributed by atoms with E-state index in [9.17, 15) is 9.59 Å². The Morgan fingerprint density at radius 2 is 1.79 bits per heavy atom. The number of hydrogen-bond donors (Lipinski definition) is 0. The van der Waals surface area contributed by atoms with Gasteiger partial charge in [0, 0.05) is 18.1 Å². The molecular weight excluding hydrogens is 256 g/mol. The normalized spacial score (nSPS) is 18.5. The highest BCUT2D eigenvalue weighted by Gasteiger charge is 2.38. The molecule has 0 radical (unpaired) electrons. The molecule has 0 fully saturated rings. The first kappa shape index (κ1) is 16.1. The Morgan fingerprint density at radius 1 is 1.21 bits per heavy atom. The van der Waals surface area contributed by atoms with Crippen molar-refractivity contribution in [1.82, 2.24) is 0 Å².